The van der Waals surface area contributed by atoms with E-state index in [4.69, 9.17) is 0 Å². The van der Waals surface area contributed by atoms with Gasteiger partial charge < -0.3 is 19.6 Å². The Balaban J connectivity index is 1.60. The molecule has 4 rings (SSSR count). The maximum absolute atomic E-state index is 11.3. The van der Waals surface area contributed by atoms with Crippen molar-refractivity contribution in [2.24, 2.45) is 0 Å². The van der Waals surface area contributed by atoms with E-state index in [2.05, 4.69) is 41.5 Å². The van der Waals surface area contributed by atoms with E-state index in [1.807, 2.05) is 29.1 Å². The Morgan fingerprint density at radius 3 is 2.74 bits per heavy atom. The number of likely N-dealkylation sites (tertiary alicyclic amines) is 1. The Labute approximate surface area is 136 Å². The second-order valence-corrected chi connectivity index (χ2v) is 6.51. The Morgan fingerprint density at radius 2 is 2.04 bits per heavy atom. The maximum atomic E-state index is 11.3. The molecule has 2 unspecified atom stereocenters. The highest BCUT2D eigenvalue weighted by Crippen LogP contribution is 2.29. The van der Waals surface area contributed by atoms with Crippen molar-refractivity contribution in [1.82, 2.24) is 14.8 Å². The molecule has 4 nitrogen and oxygen atoms in total. The predicted molar refractivity (Wildman–Crippen MR) is 91.8 cm³/mol. The first kappa shape index (κ1) is 14.3. The molecule has 2 aliphatic rings. The molecule has 3 heterocycles. The van der Waals surface area contributed by atoms with E-state index in [9.17, 15) is 4.79 Å². The van der Waals surface area contributed by atoms with Crippen molar-refractivity contribution in [3.63, 3.8) is 0 Å². The number of nitrogens with one attached hydrogen (secondary N) is 1. The second kappa shape index (κ2) is 5.70. The minimum atomic E-state index is -0.284. The molecule has 4 heteroatoms. The van der Waals surface area contributed by atoms with Gasteiger partial charge in [0, 0.05) is 18.9 Å². The second-order valence-electron chi connectivity index (χ2n) is 6.51. The number of carbonyl (C=O) groups is 1. The number of nitrogens with zero attached hydrogens (tertiary/aromatic N) is 2. The Kier molecular flexibility index (Phi) is 3.54. The highest BCUT2D eigenvalue weighted by molar-refractivity contribution is 5.80. The molecule has 0 spiro atoms. The number of aldehydes is 1. The number of hydrogen-bond donors (Lipinski definition) is 1. The minimum absolute atomic E-state index is 0.284. The monoisotopic (exact) mass is 307 g/mol. The average molecular weight is 307 g/mol. The summed E-state index contributed by atoms with van der Waals surface area (Å²) in [7, 11) is 2.18. The van der Waals surface area contributed by atoms with Crippen molar-refractivity contribution in [2.45, 2.75) is 18.4 Å². The molecule has 0 bridgehead atoms. The lowest BCUT2D eigenvalue weighted by Crippen LogP contribution is -2.27. The smallest absolute Gasteiger partial charge is 0.148 e. The van der Waals surface area contributed by atoms with E-state index in [1.54, 1.807) is 0 Å². The summed E-state index contributed by atoms with van der Waals surface area (Å²) in [5.41, 5.74) is 4.49. The van der Waals surface area contributed by atoms with E-state index in [0.29, 0.717) is 5.92 Å². The van der Waals surface area contributed by atoms with Crippen LogP contribution < -0.4 is 5.32 Å². The number of rotatable bonds is 3. The highest BCUT2D eigenvalue weighted by atomic mass is 16.1. The zero-order chi connectivity index (χ0) is 15.8. The van der Waals surface area contributed by atoms with Gasteiger partial charge in [-0.1, -0.05) is 24.3 Å². The lowest BCUT2D eigenvalue weighted by molar-refractivity contribution is -0.109. The van der Waals surface area contributed by atoms with Gasteiger partial charge >= 0.3 is 0 Å². The van der Waals surface area contributed by atoms with Gasteiger partial charge in [-0.3, -0.25) is 0 Å². The molecular formula is C19H21N3O. The minimum Gasteiger partial charge on any atom is -0.369 e. The third-order valence-electron chi connectivity index (χ3n) is 4.93. The normalized spacial score (nSPS) is 24.0. The first-order chi connectivity index (χ1) is 11.2. The Hall–Kier alpha value is -2.33. The van der Waals surface area contributed by atoms with Gasteiger partial charge in [0.15, 0.2) is 0 Å². The van der Waals surface area contributed by atoms with Gasteiger partial charge in [-0.05, 0) is 49.2 Å². The van der Waals surface area contributed by atoms with Crippen LogP contribution in [0.15, 0.2) is 42.6 Å². The fraction of sp³-hybridized carbons (Fsp3) is 0.316. The van der Waals surface area contributed by atoms with Crippen LogP contribution in [0.2, 0.25) is 0 Å². The van der Waals surface area contributed by atoms with Crippen LogP contribution in [0.3, 0.4) is 0 Å². The Morgan fingerprint density at radius 1 is 1.22 bits per heavy atom. The number of carbonyl (C=O) groups excluding carboxylic acids is 1. The molecule has 23 heavy (non-hydrogen) atoms. The molecule has 0 amide bonds. The molecule has 0 aliphatic carbocycles. The molecule has 2 aromatic rings. The summed E-state index contributed by atoms with van der Waals surface area (Å²) >= 11 is 0. The van der Waals surface area contributed by atoms with Crippen molar-refractivity contribution in [3.8, 4) is 0 Å². The van der Waals surface area contributed by atoms with Gasteiger partial charge in [0.2, 0.25) is 0 Å². The summed E-state index contributed by atoms with van der Waals surface area (Å²) in [6, 6.07) is 12.4. The standard InChI is InChI=1S/C19H21N3O/c1-21-10-8-16(11-21)14-4-6-15(7-5-14)17-12-22-9-2-3-19(22)18(13-23)20-17/h2-7,9,12-13,16,18,20H,8,10-11H2,1H3. The molecule has 0 radical (unpaired) electrons. The van der Waals surface area contributed by atoms with E-state index >= 15 is 0 Å². The first-order valence-electron chi connectivity index (χ1n) is 8.14. The lowest BCUT2D eigenvalue weighted by atomic mass is 9.96. The van der Waals surface area contributed by atoms with Gasteiger partial charge in [-0.15, -0.1) is 0 Å². The van der Waals surface area contributed by atoms with E-state index < -0.39 is 0 Å². The average Bonchev–Trinajstić information content (AvgIpc) is 3.22. The third kappa shape index (κ3) is 2.59. The van der Waals surface area contributed by atoms with Crippen molar-refractivity contribution in [1.29, 1.82) is 0 Å². The molecule has 118 valence electrons. The fourth-order valence-electron chi connectivity index (χ4n) is 3.61. The molecule has 1 N–H and O–H groups in total. The van der Waals surface area contributed by atoms with Gasteiger partial charge in [0.05, 0.1) is 11.4 Å². The predicted octanol–water partition coefficient (Wildman–Crippen LogP) is 2.71. The quantitative estimate of drug-likeness (QED) is 0.886. The van der Waals surface area contributed by atoms with Crippen molar-refractivity contribution in [3.05, 3.63) is 59.4 Å². The van der Waals surface area contributed by atoms with Gasteiger partial charge in [-0.2, -0.15) is 0 Å². The van der Waals surface area contributed by atoms with Crippen LogP contribution in [-0.4, -0.2) is 35.9 Å². The molecule has 2 aliphatic heterocycles. The zero-order valence-corrected chi connectivity index (χ0v) is 13.3. The van der Waals surface area contributed by atoms with E-state index in [1.165, 1.54) is 18.5 Å². The molecule has 2 atom stereocenters. The fourth-order valence-corrected chi connectivity index (χ4v) is 3.61. The molecule has 1 aromatic heterocycles. The number of benzene rings is 1. The molecular weight excluding hydrogens is 286 g/mol. The van der Waals surface area contributed by atoms with E-state index in [0.717, 1.165) is 29.8 Å². The number of likely N-dealkylation sites (N-methyl/N-ethyl adjacent to an activating group) is 1. The summed E-state index contributed by atoms with van der Waals surface area (Å²) in [6.45, 7) is 2.32. The van der Waals surface area contributed by atoms with Crippen LogP contribution in [0.25, 0.3) is 11.9 Å². The molecule has 1 aromatic carbocycles. The van der Waals surface area contributed by atoms with Crippen LogP contribution in [0.4, 0.5) is 0 Å². The van der Waals surface area contributed by atoms with Gasteiger partial charge in [0.25, 0.3) is 0 Å². The topological polar surface area (TPSA) is 37.3 Å². The van der Waals surface area contributed by atoms with Crippen molar-refractivity contribution in [2.75, 3.05) is 20.1 Å². The maximum Gasteiger partial charge on any atom is 0.148 e. The van der Waals surface area contributed by atoms with Crippen LogP contribution in [-0.2, 0) is 4.79 Å². The molecule has 1 fully saturated rings. The van der Waals surface area contributed by atoms with Crippen molar-refractivity contribution >= 4 is 18.2 Å². The molecule has 0 saturated carbocycles. The van der Waals surface area contributed by atoms with E-state index in [-0.39, 0.29) is 6.04 Å². The Bertz CT molecular complexity index is 744. The zero-order valence-electron chi connectivity index (χ0n) is 13.3. The lowest BCUT2D eigenvalue weighted by Gasteiger charge is -2.24. The number of hydrogen-bond acceptors (Lipinski definition) is 3. The largest absolute Gasteiger partial charge is 0.369 e. The van der Waals surface area contributed by atoms with Crippen molar-refractivity contribution < 1.29 is 4.79 Å². The summed E-state index contributed by atoms with van der Waals surface area (Å²) in [5.74, 6) is 0.640. The van der Waals surface area contributed by atoms with Crippen LogP contribution >= 0.6 is 0 Å². The highest BCUT2D eigenvalue weighted by Gasteiger charge is 2.22. The third-order valence-corrected chi connectivity index (χ3v) is 4.93. The van der Waals surface area contributed by atoms with Crippen LogP contribution in [0.1, 0.15) is 35.2 Å². The van der Waals surface area contributed by atoms with Gasteiger partial charge in [-0.25, -0.2) is 0 Å². The number of aromatic nitrogens is 1. The summed E-state index contributed by atoms with van der Waals surface area (Å²) in [6.07, 6.45) is 6.22. The SMILES string of the molecule is CN1CCC(c2ccc(C3=Cn4cccc4C(C=O)N3)cc2)C1. The van der Waals surface area contributed by atoms with Crippen LogP contribution in [0, 0.1) is 0 Å². The van der Waals surface area contributed by atoms with Crippen LogP contribution in [0.5, 0.6) is 0 Å². The summed E-state index contributed by atoms with van der Waals surface area (Å²) in [4.78, 5) is 13.7. The molecule has 1 saturated heterocycles. The van der Waals surface area contributed by atoms with Gasteiger partial charge in [0.1, 0.15) is 12.3 Å². The number of fused-ring (bicyclic) bond motifs is 1. The first-order valence-corrected chi connectivity index (χ1v) is 8.14. The summed E-state index contributed by atoms with van der Waals surface area (Å²) in [5, 5.41) is 3.32. The summed E-state index contributed by atoms with van der Waals surface area (Å²) < 4.78 is 2.02.